The van der Waals surface area contributed by atoms with E-state index in [1.807, 2.05) is 25.1 Å². The van der Waals surface area contributed by atoms with Gasteiger partial charge in [0.05, 0.1) is 23.8 Å². The van der Waals surface area contributed by atoms with Crippen molar-refractivity contribution >= 4 is 17.3 Å². The third kappa shape index (κ3) is 5.10. The molecule has 154 valence electrons. The average Bonchev–Trinajstić information content (AvgIpc) is 2.74. The maximum absolute atomic E-state index is 12.5. The molecule has 0 bridgehead atoms. The molecular weight excluding hydrogens is 372 g/mol. The Balaban J connectivity index is 1.65. The highest BCUT2D eigenvalue weighted by Crippen LogP contribution is 2.30. The molecule has 2 aromatic carbocycles. The molecule has 0 aliphatic carbocycles. The Morgan fingerprint density at radius 1 is 1.34 bits per heavy atom. The number of anilines is 1. The molecular formula is C21H26N4O4. The van der Waals surface area contributed by atoms with E-state index in [1.54, 1.807) is 13.2 Å². The van der Waals surface area contributed by atoms with Crippen LogP contribution in [-0.2, 0) is 4.79 Å². The second-order valence-corrected chi connectivity index (χ2v) is 7.05. The molecule has 1 heterocycles. The van der Waals surface area contributed by atoms with E-state index in [9.17, 15) is 14.9 Å². The molecule has 1 atom stereocenters. The second-order valence-electron chi connectivity index (χ2n) is 7.05. The Hall–Kier alpha value is -2.97. The number of hydrogen-bond acceptors (Lipinski definition) is 6. The van der Waals surface area contributed by atoms with E-state index in [0.717, 1.165) is 36.5 Å². The summed E-state index contributed by atoms with van der Waals surface area (Å²) in [5, 5.41) is 17.2. The SMILES string of the molecule is COc1ccccc1C1CNCCN1CCC(=O)Nc1cc([N+](=O)[O-])ccc1C. The predicted octanol–water partition coefficient (Wildman–Crippen LogP) is 2.89. The highest BCUT2D eigenvalue weighted by atomic mass is 16.6. The van der Waals surface area contributed by atoms with Crippen LogP contribution in [0.25, 0.3) is 0 Å². The Morgan fingerprint density at radius 3 is 2.90 bits per heavy atom. The molecule has 1 unspecified atom stereocenters. The van der Waals surface area contributed by atoms with E-state index in [1.165, 1.54) is 12.1 Å². The number of nitro groups is 1. The summed E-state index contributed by atoms with van der Waals surface area (Å²) < 4.78 is 5.51. The van der Waals surface area contributed by atoms with E-state index < -0.39 is 4.92 Å². The van der Waals surface area contributed by atoms with Crippen LogP contribution in [0.4, 0.5) is 11.4 Å². The molecule has 8 heteroatoms. The first-order valence-corrected chi connectivity index (χ1v) is 9.62. The van der Waals surface area contributed by atoms with Gasteiger partial charge in [0, 0.05) is 50.3 Å². The van der Waals surface area contributed by atoms with Crippen LogP contribution in [0.1, 0.15) is 23.6 Å². The van der Waals surface area contributed by atoms with Gasteiger partial charge in [-0.15, -0.1) is 0 Å². The molecule has 0 saturated carbocycles. The summed E-state index contributed by atoms with van der Waals surface area (Å²) in [6, 6.07) is 12.5. The third-order valence-electron chi connectivity index (χ3n) is 5.18. The Bertz CT molecular complexity index is 887. The standard InChI is InChI=1S/C21H26N4O4/c1-15-7-8-16(25(27)28)13-18(15)23-21(26)9-11-24-12-10-22-14-19(24)17-5-3-4-6-20(17)29-2/h3-8,13,19,22H,9-12,14H2,1-2H3,(H,23,26). The van der Waals surface area contributed by atoms with Crippen molar-refractivity contribution in [3.8, 4) is 5.75 Å². The van der Waals surface area contributed by atoms with Crippen LogP contribution in [-0.4, -0.2) is 49.0 Å². The normalized spacial score (nSPS) is 17.0. The number of benzene rings is 2. The summed E-state index contributed by atoms with van der Waals surface area (Å²) in [5.41, 5.74) is 2.32. The smallest absolute Gasteiger partial charge is 0.271 e. The largest absolute Gasteiger partial charge is 0.496 e. The van der Waals surface area contributed by atoms with Gasteiger partial charge in [-0.2, -0.15) is 0 Å². The number of carbonyl (C=O) groups excluding carboxylic acids is 1. The van der Waals surface area contributed by atoms with Crippen LogP contribution in [0.2, 0.25) is 0 Å². The van der Waals surface area contributed by atoms with Crippen LogP contribution in [0, 0.1) is 17.0 Å². The molecule has 1 saturated heterocycles. The summed E-state index contributed by atoms with van der Waals surface area (Å²) >= 11 is 0. The second kappa shape index (κ2) is 9.49. The number of piperazine rings is 1. The minimum absolute atomic E-state index is 0.0377. The maximum Gasteiger partial charge on any atom is 0.271 e. The topological polar surface area (TPSA) is 96.7 Å². The first-order chi connectivity index (χ1) is 14.0. The van der Waals surface area contributed by atoms with Crippen LogP contribution >= 0.6 is 0 Å². The van der Waals surface area contributed by atoms with Gasteiger partial charge in [-0.3, -0.25) is 19.8 Å². The summed E-state index contributed by atoms with van der Waals surface area (Å²) in [7, 11) is 1.66. The van der Waals surface area contributed by atoms with Gasteiger partial charge < -0.3 is 15.4 Å². The van der Waals surface area contributed by atoms with Crippen LogP contribution in [0.15, 0.2) is 42.5 Å². The van der Waals surface area contributed by atoms with Crippen LogP contribution < -0.4 is 15.4 Å². The van der Waals surface area contributed by atoms with Crippen molar-refractivity contribution in [3.05, 3.63) is 63.7 Å². The lowest BCUT2D eigenvalue weighted by molar-refractivity contribution is -0.384. The van der Waals surface area contributed by atoms with Gasteiger partial charge in [0.25, 0.3) is 5.69 Å². The number of para-hydroxylation sites is 1. The predicted molar refractivity (Wildman–Crippen MR) is 111 cm³/mol. The number of amides is 1. The van der Waals surface area contributed by atoms with E-state index in [4.69, 9.17) is 4.74 Å². The van der Waals surface area contributed by atoms with Gasteiger partial charge in [-0.05, 0) is 18.6 Å². The molecule has 1 aliphatic heterocycles. The van der Waals surface area contributed by atoms with Gasteiger partial charge in [-0.1, -0.05) is 24.3 Å². The summed E-state index contributed by atoms with van der Waals surface area (Å²) in [6.45, 7) is 4.87. The number of methoxy groups -OCH3 is 1. The number of rotatable bonds is 7. The minimum Gasteiger partial charge on any atom is -0.496 e. The zero-order chi connectivity index (χ0) is 20.8. The maximum atomic E-state index is 12.5. The number of non-ortho nitro benzene ring substituents is 1. The van der Waals surface area contributed by atoms with Gasteiger partial charge in [0.1, 0.15) is 5.75 Å². The first-order valence-electron chi connectivity index (χ1n) is 9.62. The van der Waals surface area contributed by atoms with Crippen molar-refractivity contribution in [1.82, 2.24) is 10.2 Å². The molecule has 2 N–H and O–H groups in total. The molecule has 0 spiro atoms. The molecule has 1 aliphatic rings. The Kier molecular flexibility index (Phi) is 6.79. The zero-order valence-corrected chi connectivity index (χ0v) is 16.7. The lowest BCUT2D eigenvalue weighted by Gasteiger charge is -2.37. The molecule has 8 nitrogen and oxygen atoms in total. The zero-order valence-electron chi connectivity index (χ0n) is 16.7. The Labute approximate surface area is 170 Å². The van der Waals surface area contributed by atoms with Crippen molar-refractivity contribution in [2.24, 2.45) is 0 Å². The number of ether oxygens (including phenoxy) is 1. The Morgan fingerprint density at radius 2 is 2.14 bits per heavy atom. The number of nitrogens with zero attached hydrogens (tertiary/aromatic N) is 2. The fourth-order valence-corrected chi connectivity index (χ4v) is 3.58. The molecule has 0 radical (unpaired) electrons. The van der Waals surface area contributed by atoms with Gasteiger partial charge in [0.15, 0.2) is 0 Å². The van der Waals surface area contributed by atoms with Crippen molar-refractivity contribution in [2.45, 2.75) is 19.4 Å². The van der Waals surface area contributed by atoms with Gasteiger partial charge in [0.2, 0.25) is 5.91 Å². The van der Waals surface area contributed by atoms with Gasteiger partial charge >= 0.3 is 0 Å². The number of nitro benzene ring substituents is 1. The van der Waals surface area contributed by atoms with E-state index in [2.05, 4.69) is 21.6 Å². The fourth-order valence-electron chi connectivity index (χ4n) is 3.58. The first kappa shape index (κ1) is 20.8. The van der Waals surface area contributed by atoms with Crippen molar-refractivity contribution < 1.29 is 14.5 Å². The molecule has 1 amide bonds. The fraction of sp³-hybridized carbons (Fsp3) is 0.381. The lowest BCUT2D eigenvalue weighted by Crippen LogP contribution is -2.46. The monoisotopic (exact) mass is 398 g/mol. The molecule has 1 fully saturated rings. The van der Waals surface area contributed by atoms with Crippen molar-refractivity contribution in [1.29, 1.82) is 0 Å². The minimum atomic E-state index is -0.465. The summed E-state index contributed by atoms with van der Waals surface area (Å²) in [6.07, 6.45) is 0.299. The van der Waals surface area contributed by atoms with Crippen LogP contribution in [0.3, 0.4) is 0 Å². The molecule has 29 heavy (non-hydrogen) atoms. The van der Waals surface area contributed by atoms with Crippen molar-refractivity contribution in [3.63, 3.8) is 0 Å². The van der Waals surface area contributed by atoms with E-state index in [-0.39, 0.29) is 17.6 Å². The lowest BCUT2D eigenvalue weighted by atomic mass is 10.0. The van der Waals surface area contributed by atoms with Crippen molar-refractivity contribution in [2.75, 3.05) is 38.6 Å². The number of carbonyl (C=O) groups is 1. The highest BCUT2D eigenvalue weighted by molar-refractivity contribution is 5.92. The third-order valence-corrected chi connectivity index (χ3v) is 5.18. The highest BCUT2D eigenvalue weighted by Gasteiger charge is 2.26. The van der Waals surface area contributed by atoms with E-state index >= 15 is 0 Å². The number of hydrogen-bond donors (Lipinski definition) is 2. The average molecular weight is 398 g/mol. The summed E-state index contributed by atoms with van der Waals surface area (Å²) in [4.78, 5) is 25.3. The molecule has 0 aromatic heterocycles. The van der Waals surface area contributed by atoms with Crippen LogP contribution in [0.5, 0.6) is 5.75 Å². The number of nitrogens with one attached hydrogen (secondary N) is 2. The van der Waals surface area contributed by atoms with Gasteiger partial charge in [-0.25, -0.2) is 0 Å². The summed E-state index contributed by atoms with van der Waals surface area (Å²) in [5.74, 6) is 0.675. The quantitative estimate of drug-likeness (QED) is 0.550. The molecule has 2 aromatic rings. The van der Waals surface area contributed by atoms with E-state index in [0.29, 0.717) is 18.7 Å². The molecule has 3 rings (SSSR count). The number of aryl methyl sites for hydroxylation is 1.